The van der Waals surface area contributed by atoms with Gasteiger partial charge in [0.2, 0.25) is 0 Å². The van der Waals surface area contributed by atoms with Crippen LogP contribution in [0.4, 0.5) is 9.52 Å². The highest BCUT2D eigenvalue weighted by atomic mass is 32.1. The first kappa shape index (κ1) is 14.5. The molecule has 0 atom stereocenters. The van der Waals surface area contributed by atoms with E-state index in [-0.39, 0.29) is 11.4 Å². The van der Waals surface area contributed by atoms with Crippen molar-refractivity contribution in [3.05, 3.63) is 53.8 Å². The quantitative estimate of drug-likeness (QED) is 0.789. The first-order valence-corrected chi connectivity index (χ1v) is 7.58. The molecule has 0 spiro atoms. The van der Waals surface area contributed by atoms with E-state index in [4.69, 9.17) is 4.74 Å². The molecule has 3 aromatic rings. The number of nitrogens with zero attached hydrogens (tertiary/aromatic N) is 1. The molecule has 0 saturated heterocycles. The Morgan fingerprint density at radius 3 is 2.73 bits per heavy atom. The maximum Gasteiger partial charge on any atom is 0.257 e. The van der Waals surface area contributed by atoms with Crippen molar-refractivity contribution in [2.24, 2.45) is 0 Å². The average Bonchev–Trinajstić information content (AvgIpc) is 2.92. The van der Waals surface area contributed by atoms with E-state index in [0.29, 0.717) is 27.8 Å². The van der Waals surface area contributed by atoms with Gasteiger partial charge in [0.1, 0.15) is 17.1 Å². The number of para-hydroxylation sites is 1. The fourth-order valence-corrected chi connectivity index (χ4v) is 2.88. The first-order valence-electron chi connectivity index (χ1n) is 6.76. The van der Waals surface area contributed by atoms with E-state index < -0.39 is 5.82 Å². The van der Waals surface area contributed by atoms with E-state index >= 15 is 0 Å². The van der Waals surface area contributed by atoms with Crippen LogP contribution in [0, 0.1) is 5.82 Å². The van der Waals surface area contributed by atoms with Crippen molar-refractivity contribution in [3.8, 4) is 5.75 Å². The number of hydrogen-bond acceptors (Lipinski definition) is 4. The van der Waals surface area contributed by atoms with Crippen LogP contribution in [-0.2, 0) is 0 Å². The fraction of sp³-hybridized carbons (Fsp3) is 0.125. The summed E-state index contributed by atoms with van der Waals surface area (Å²) in [4.78, 5) is 16.3. The van der Waals surface area contributed by atoms with Crippen LogP contribution in [0.15, 0.2) is 42.5 Å². The van der Waals surface area contributed by atoms with Gasteiger partial charge in [-0.15, -0.1) is 0 Å². The standard InChI is InChI=1S/C16H13FN2O2S/c1-2-21-11-8-6-10(7-9-11)15(20)19-16-18-14-12(17)4-3-5-13(14)22-16/h3-9H,2H2,1H3,(H,18,19,20). The van der Waals surface area contributed by atoms with Crippen molar-refractivity contribution in [2.75, 3.05) is 11.9 Å². The molecule has 0 aliphatic rings. The van der Waals surface area contributed by atoms with Crippen molar-refractivity contribution >= 4 is 32.6 Å². The summed E-state index contributed by atoms with van der Waals surface area (Å²) >= 11 is 1.24. The zero-order chi connectivity index (χ0) is 15.5. The number of anilines is 1. The van der Waals surface area contributed by atoms with E-state index in [2.05, 4.69) is 10.3 Å². The van der Waals surface area contributed by atoms with Crippen LogP contribution in [0.2, 0.25) is 0 Å². The van der Waals surface area contributed by atoms with Crippen LogP contribution in [0.5, 0.6) is 5.75 Å². The molecular weight excluding hydrogens is 303 g/mol. The molecule has 0 fully saturated rings. The number of ether oxygens (including phenoxy) is 1. The van der Waals surface area contributed by atoms with Gasteiger partial charge in [0, 0.05) is 5.56 Å². The van der Waals surface area contributed by atoms with E-state index in [1.54, 1.807) is 36.4 Å². The van der Waals surface area contributed by atoms with Gasteiger partial charge in [0.15, 0.2) is 5.13 Å². The number of nitrogens with one attached hydrogen (secondary N) is 1. The maximum atomic E-state index is 13.6. The number of hydrogen-bond donors (Lipinski definition) is 1. The summed E-state index contributed by atoms with van der Waals surface area (Å²) in [7, 11) is 0. The molecule has 0 radical (unpaired) electrons. The highest BCUT2D eigenvalue weighted by molar-refractivity contribution is 7.22. The molecule has 1 heterocycles. The van der Waals surface area contributed by atoms with Crippen LogP contribution in [0.3, 0.4) is 0 Å². The maximum absolute atomic E-state index is 13.6. The first-order chi connectivity index (χ1) is 10.7. The second-order valence-electron chi connectivity index (χ2n) is 4.52. The molecule has 22 heavy (non-hydrogen) atoms. The van der Waals surface area contributed by atoms with E-state index in [9.17, 15) is 9.18 Å². The van der Waals surface area contributed by atoms with Gasteiger partial charge in [-0.2, -0.15) is 0 Å². The Kier molecular flexibility index (Phi) is 4.02. The molecule has 1 amide bonds. The Balaban J connectivity index is 1.79. The number of benzene rings is 2. The van der Waals surface area contributed by atoms with E-state index in [0.717, 1.165) is 0 Å². The largest absolute Gasteiger partial charge is 0.494 e. The fourth-order valence-electron chi connectivity index (χ4n) is 2.01. The predicted molar refractivity (Wildman–Crippen MR) is 85.1 cm³/mol. The Labute approximate surface area is 130 Å². The molecule has 0 unspecified atom stereocenters. The molecule has 6 heteroatoms. The highest BCUT2D eigenvalue weighted by Gasteiger charge is 2.12. The van der Waals surface area contributed by atoms with Gasteiger partial charge in [-0.25, -0.2) is 9.37 Å². The zero-order valence-electron chi connectivity index (χ0n) is 11.8. The lowest BCUT2D eigenvalue weighted by molar-refractivity contribution is 0.102. The molecule has 0 bridgehead atoms. The average molecular weight is 316 g/mol. The lowest BCUT2D eigenvalue weighted by Crippen LogP contribution is -2.11. The van der Waals surface area contributed by atoms with Gasteiger partial charge in [-0.05, 0) is 43.3 Å². The molecule has 1 N–H and O–H groups in total. The third-order valence-corrected chi connectivity index (χ3v) is 3.95. The van der Waals surface area contributed by atoms with Crippen LogP contribution in [0.25, 0.3) is 10.2 Å². The van der Waals surface area contributed by atoms with Crippen LogP contribution in [-0.4, -0.2) is 17.5 Å². The molecular formula is C16H13FN2O2S. The Hall–Kier alpha value is -2.47. The van der Waals surface area contributed by atoms with Crippen molar-refractivity contribution in [1.82, 2.24) is 4.98 Å². The second kappa shape index (κ2) is 6.11. The number of carbonyl (C=O) groups is 1. The number of amides is 1. The van der Waals surface area contributed by atoms with Crippen molar-refractivity contribution in [1.29, 1.82) is 0 Å². The van der Waals surface area contributed by atoms with E-state index in [1.807, 2.05) is 6.92 Å². The van der Waals surface area contributed by atoms with Gasteiger partial charge < -0.3 is 4.74 Å². The number of rotatable bonds is 4. The Morgan fingerprint density at radius 1 is 1.27 bits per heavy atom. The van der Waals surface area contributed by atoms with Gasteiger partial charge in [0.05, 0.1) is 11.3 Å². The van der Waals surface area contributed by atoms with E-state index in [1.165, 1.54) is 17.4 Å². The van der Waals surface area contributed by atoms with Crippen LogP contribution in [0.1, 0.15) is 17.3 Å². The van der Waals surface area contributed by atoms with Crippen LogP contribution < -0.4 is 10.1 Å². The van der Waals surface area contributed by atoms with Crippen molar-refractivity contribution < 1.29 is 13.9 Å². The lowest BCUT2D eigenvalue weighted by Gasteiger charge is -2.04. The number of thiazole rings is 1. The molecule has 2 aromatic carbocycles. The summed E-state index contributed by atoms with van der Waals surface area (Å²) in [5.41, 5.74) is 0.762. The van der Waals surface area contributed by atoms with Gasteiger partial charge in [0.25, 0.3) is 5.91 Å². The van der Waals surface area contributed by atoms with Gasteiger partial charge in [-0.1, -0.05) is 17.4 Å². The monoisotopic (exact) mass is 316 g/mol. The van der Waals surface area contributed by atoms with Crippen molar-refractivity contribution in [3.63, 3.8) is 0 Å². The molecule has 0 aliphatic heterocycles. The molecule has 4 nitrogen and oxygen atoms in total. The minimum Gasteiger partial charge on any atom is -0.494 e. The smallest absolute Gasteiger partial charge is 0.257 e. The Bertz CT molecular complexity index is 815. The highest BCUT2D eigenvalue weighted by Crippen LogP contribution is 2.27. The topological polar surface area (TPSA) is 51.2 Å². The number of fused-ring (bicyclic) bond motifs is 1. The summed E-state index contributed by atoms with van der Waals surface area (Å²) in [6.45, 7) is 2.47. The summed E-state index contributed by atoms with van der Waals surface area (Å²) in [6, 6.07) is 11.5. The Morgan fingerprint density at radius 2 is 2.05 bits per heavy atom. The molecule has 1 aromatic heterocycles. The zero-order valence-corrected chi connectivity index (χ0v) is 12.6. The molecule has 0 saturated carbocycles. The van der Waals surface area contributed by atoms with Gasteiger partial charge >= 0.3 is 0 Å². The predicted octanol–water partition coefficient (Wildman–Crippen LogP) is 4.09. The number of aromatic nitrogens is 1. The minimum atomic E-state index is -0.393. The summed E-state index contributed by atoms with van der Waals surface area (Å²) in [5.74, 6) is 0.0268. The SMILES string of the molecule is CCOc1ccc(C(=O)Nc2nc3c(F)cccc3s2)cc1. The lowest BCUT2D eigenvalue weighted by atomic mass is 10.2. The molecule has 3 rings (SSSR count). The summed E-state index contributed by atoms with van der Waals surface area (Å²) in [5, 5.41) is 3.06. The second-order valence-corrected chi connectivity index (χ2v) is 5.55. The van der Waals surface area contributed by atoms with Crippen LogP contribution >= 0.6 is 11.3 Å². The molecule has 0 aliphatic carbocycles. The molecule has 112 valence electrons. The third kappa shape index (κ3) is 2.92. The minimum absolute atomic E-state index is 0.273. The number of halogens is 1. The number of carbonyl (C=O) groups excluding carboxylic acids is 1. The normalized spacial score (nSPS) is 10.6. The van der Waals surface area contributed by atoms with Crippen molar-refractivity contribution in [2.45, 2.75) is 6.92 Å². The summed E-state index contributed by atoms with van der Waals surface area (Å²) in [6.07, 6.45) is 0. The third-order valence-electron chi connectivity index (χ3n) is 3.02. The summed E-state index contributed by atoms with van der Waals surface area (Å²) < 4.78 is 19.6. The van der Waals surface area contributed by atoms with Gasteiger partial charge in [-0.3, -0.25) is 10.1 Å².